The first kappa shape index (κ1) is 13.1. The molecule has 0 N–H and O–H groups in total. The number of hydrogen-bond acceptors (Lipinski definition) is 5. The fourth-order valence-electron chi connectivity index (χ4n) is 1.33. The van der Waals surface area contributed by atoms with E-state index >= 15 is 0 Å². The number of benzene rings is 1. The second kappa shape index (κ2) is 5.41. The van der Waals surface area contributed by atoms with Crippen LogP contribution in [0.15, 0.2) is 12.1 Å². The molecule has 88 valence electrons. The summed E-state index contributed by atoms with van der Waals surface area (Å²) in [4.78, 5) is 21.5. The van der Waals surface area contributed by atoms with Crippen LogP contribution in [0, 0.1) is 21.4 Å². The highest BCUT2D eigenvalue weighted by Crippen LogP contribution is 2.28. The molecule has 1 aromatic carbocycles. The minimum absolute atomic E-state index is 0.130. The lowest BCUT2D eigenvalue weighted by molar-refractivity contribution is -0.385. The van der Waals surface area contributed by atoms with E-state index in [9.17, 15) is 14.9 Å². The molecule has 0 saturated carbocycles. The number of hydrogen-bond donors (Lipinski definition) is 0. The first-order valence-electron chi connectivity index (χ1n) is 4.41. The third-order valence-electron chi connectivity index (χ3n) is 2.11. The zero-order valence-electron chi connectivity index (χ0n) is 8.77. The van der Waals surface area contributed by atoms with Crippen LogP contribution in [0.5, 0.6) is 0 Å². The monoisotopic (exact) mass is 298 g/mol. The SMILES string of the molecule is COC(=O)c1ccc(CBr)c(C#N)c1[N+](=O)[O-]. The highest BCUT2D eigenvalue weighted by atomic mass is 79.9. The van der Waals surface area contributed by atoms with Crippen molar-refractivity contribution in [2.75, 3.05) is 7.11 Å². The van der Waals surface area contributed by atoms with Crippen molar-refractivity contribution in [2.24, 2.45) is 0 Å². The zero-order valence-corrected chi connectivity index (χ0v) is 10.4. The molecule has 0 radical (unpaired) electrons. The zero-order chi connectivity index (χ0) is 13.0. The predicted molar refractivity (Wildman–Crippen MR) is 61.8 cm³/mol. The lowest BCUT2D eigenvalue weighted by Gasteiger charge is -2.05. The number of nitrogens with zero attached hydrogens (tertiary/aromatic N) is 2. The third-order valence-corrected chi connectivity index (χ3v) is 2.71. The minimum Gasteiger partial charge on any atom is -0.465 e. The number of methoxy groups -OCH3 is 1. The van der Waals surface area contributed by atoms with Crippen LogP contribution >= 0.6 is 15.9 Å². The van der Waals surface area contributed by atoms with Crippen LogP contribution in [0.2, 0.25) is 0 Å². The topological polar surface area (TPSA) is 93.2 Å². The molecule has 0 heterocycles. The molecule has 0 aliphatic heterocycles. The number of nitriles is 1. The Morgan fingerprint density at radius 1 is 1.65 bits per heavy atom. The first-order valence-corrected chi connectivity index (χ1v) is 5.53. The number of nitro benzene ring substituents is 1. The van der Waals surface area contributed by atoms with E-state index in [4.69, 9.17) is 5.26 Å². The average molecular weight is 299 g/mol. The van der Waals surface area contributed by atoms with Gasteiger partial charge in [-0.2, -0.15) is 5.26 Å². The van der Waals surface area contributed by atoms with Gasteiger partial charge in [-0.15, -0.1) is 0 Å². The van der Waals surface area contributed by atoms with Gasteiger partial charge in [0.1, 0.15) is 17.2 Å². The van der Waals surface area contributed by atoms with Gasteiger partial charge in [-0.25, -0.2) is 4.79 Å². The number of halogens is 1. The van der Waals surface area contributed by atoms with E-state index in [0.29, 0.717) is 5.56 Å². The van der Waals surface area contributed by atoms with Gasteiger partial charge in [-0.3, -0.25) is 10.1 Å². The van der Waals surface area contributed by atoms with Crippen LogP contribution in [0.3, 0.4) is 0 Å². The summed E-state index contributed by atoms with van der Waals surface area (Å²) in [6.45, 7) is 0. The predicted octanol–water partition coefficient (Wildman–Crippen LogP) is 2.15. The van der Waals surface area contributed by atoms with E-state index in [1.807, 2.05) is 0 Å². The summed E-state index contributed by atoms with van der Waals surface area (Å²) in [7, 11) is 1.12. The van der Waals surface area contributed by atoms with Gasteiger partial charge in [-0.05, 0) is 11.6 Å². The van der Waals surface area contributed by atoms with Crippen molar-refractivity contribution in [3.8, 4) is 6.07 Å². The van der Waals surface area contributed by atoms with Crippen molar-refractivity contribution in [3.63, 3.8) is 0 Å². The van der Waals surface area contributed by atoms with Gasteiger partial charge in [0.2, 0.25) is 0 Å². The average Bonchev–Trinajstić information content (AvgIpc) is 2.35. The number of nitro groups is 1. The normalized spacial score (nSPS) is 9.47. The molecule has 0 unspecified atom stereocenters. The van der Waals surface area contributed by atoms with Crippen LogP contribution in [0.1, 0.15) is 21.5 Å². The second-order valence-electron chi connectivity index (χ2n) is 2.99. The Labute approximate surface area is 105 Å². The molecule has 7 heteroatoms. The lowest BCUT2D eigenvalue weighted by Crippen LogP contribution is -2.08. The Hall–Kier alpha value is -1.94. The molecule has 0 aliphatic carbocycles. The molecule has 0 atom stereocenters. The van der Waals surface area contributed by atoms with Gasteiger partial charge in [0.25, 0.3) is 0 Å². The van der Waals surface area contributed by atoms with Crippen LogP contribution in [0.4, 0.5) is 5.69 Å². The van der Waals surface area contributed by atoms with Crippen molar-refractivity contribution in [1.82, 2.24) is 0 Å². The van der Waals surface area contributed by atoms with Crippen LogP contribution < -0.4 is 0 Å². The Balaban J connectivity index is 3.60. The molecule has 0 fully saturated rings. The maximum atomic E-state index is 11.4. The van der Waals surface area contributed by atoms with E-state index in [2.05, 4.69) is 20.7 Å². The summed E-state index contributed by atoms with van der Waals surface area (Å²) in [5.41, 5.74) is -0.420. The molecule has 0 amide bonds. The highest BCUT2D eigenvalue weighted by molar-refractivity contribution is 9.08. The van der Waals surface area contributed by atoms with E-state index in [1.165, 1.54) is 12.1 Å². The molecule has 0 spiro atoms. The molecular weight excluding hydrogens is 292 g/mol. The van der Waals surface area contributed by atoms with Crippen molar-refractivity contribution >= 4 is 27.6 Å². The Kier molecular flexibility index (Phi) is 4.17. The highest BCUT2D eigenvalue weighted by Gasteiger charge is 2.27. The maximum absolute atomic E-state index is 11.4. The van der Waals surface area contributed by atoms with E-state index in [1.54, 1.807) is 6.07 Å². The van der Waals surface area contributed by atoms with Gasteiger partial charge in [0.05, 0.1) is 12.0 Å². The molecule has 0 aromatic heterocycles. The molecule has 0 aliphatic rings. The van der Waals surface area contributed by atoms with Crippen molar-refractivity contribution in [2.45, 2.75) is 5.33 Å². The third kappa shape index (κ3) is 2.42. The summed E-state index contributed by atoms with van der Waals surface area (Å²) in [6, 6.07) is 4.49. The van der Waals surface area contributed by atoms with Crippen molar-refractivity contribution in [1.29, 1.82) is 5.26 Å². The van der Waals surface area contributed by atoms with Crippen LogP contribution in [-0.4, -0.2) is 18.0 Å². The maximum Gasteiger partial charge on any atom is 0.344 e. The number of esters is 1. The number of alkyl halides is 1. The second-order valence-corrected chi connectivity index (χ2v) is 3.55. The lowest BCUT2D eigenvalue weighted by atomic mass is 10.0. The molecule has 0 bridgehead atoms. The molecule has 0 saturated heterocycles. The fraction of sp³-hybridized carbons (Fsp3) is 0.200. The summed E-state index contributed by atoms with van der Waals surface area (Å²) < 4.78 is 4.44. The number of carbonyl (C=O) groups excluding carboxylic acids is 1. The summed E-state index contributed by atoms with van der Waals surface area (Å²) in [5.74, 6) is -0.839. The summed E-state index contributed by atoms with van der Waals surface area (Å²) >= 11 is 3.12. The minimum atomic E-state index is -0.839. The first-order chi connectivity index (χ1) is 8.06. The number of ether oxygens (including phenoxy) is 1. The standard InChI is InChI=1S/C10H7BrN2O4/c1-17-10(14)7-3-2-6(4-11)8(5-12)9(7)13(15)16/h2-3H,4H2,1H3. The van der Waals surface area contributed by atoms with Crippen molar-refractivity contribution < 1.29 is 14.5 Å². The Morgan fingerprint density at radius 3 is 2.71 bits per heavy atom. The molecule has 1 aromatic rings. The van der Waals surface area contributed by atoms with Crippen LogP contribution in [-0.2, 0) is 10.1 Å². The van der Waals surface area contributed by atoms with E-state index in [-0.39, 0.29) is 16.5 Å². The molecule has 17 heavy (non-hydrogen) atoms. The van der Waals surface area contributed by atoms with E-state index < -0.39 is 16.6 Å². The van der Waals surface area contributed by atoms with Gasteiger partial charge in [0, 0.05) is 5.33 Å². The largest absolute Gasteiger partial charge is 0.465 e. The van der Waals surface area contributed by atoms with Gasteiger partial charge in [-0.1, -0.05) is 22.0 Å². The fourth-order valence-corrected chi connectivity index (χ4v) is 1.80. The van der Waals surface area contributed by atoms with Crippen molar-refractivity contribution in [3.05, 3.63) is 38.9 Å². The Morgan fingerprint density at radius 2 is 2.29 bits per heavy atom. The van der Waals surface area contributed by atoms with Crippen LogP contribution in [0.25, 0.3) is 0 Å². The Bertz CT molecular complexity index is 522. The van der Waals surface area contributed by atoms with Gasteiger partial charge in [0.15, 0.2) is 0 Å². The van der Waals surface area contributed by atoms with E-state index in [0.717, 1.165) is 7.11 Å². The smallest absolute Gasteiger partial charge is 0.344 e. The quantitative estimate of drug-likeness (QED) is 0.369. The summed E-state index contributed by atoms with van der Waals surface area (Å²) in [5, 5.41) is 20.1. The molecule has 1 rings (SSSR count). The number of rotatable bonds is 3. The molecular formula is C10H7BrN2O4. The summed E-state index contributed by atoms with van der Waals surface area (Å²) in [6.07, 6.45) is 0. The van der Waals surface area contributed by atoms with Gasteiger partial charge >= 0.3 is 11.7 Å². The molecule has 6 nitrogen and oxygen atoms in total. The van der Waals surface area contributed by atoms with Gasteiger partial charge < -0.3 is 4.74 Å². The number of carbonyl (C=O) groups is 1.